The summed E-state index contributed by atoms with van der Waals surface area (Å²) in [7, 11) is 0. The molecule has 0 unspecified atom stereocenters. The van der Waals surface area contributed by atoms with Crippen molar-refractivity contribution in [2.24, 2.45) is 0 Å². The Hall–Kier alpha value is -1.30. The quantitative estimate of drug-likeness (QED) is 0.575. The fraction of sp³-hybridized carbons (Fsp3) is 0.333. The van der Waals surface area contributed by atoms with E-state index in [4.69, 9.17) is 0 Å². The van der Waals surface area contributed by atoms with Gasteiger partial charge in [-0.25, -0.2) is 0 Å². The molecule has 1 rings (SSSR count). The molecule has 80 valence electrons. The van der Waals surface area contributed by atoms with Crippen LogP contribution < -0.4 is 0 Å². The van der Waals surface area contributed by atoms with Crippen LogP contribution in [0.1, 0.15) is 33.1 Å². The Morgan fingerprint density at radius 1 is 1.27 bits per heavy atom. The molecule has 1 aliphatic rings. The summed E-state index contributed by atoms with van der Waals surface area (Å²) in [4.78, 5) is 0. The zero-order valence-electron chi connectivity index (χ0n) is 9.74. The molecule has 1 aliphatic carbocycles. The van der Waals surface area contributed by atoms with Crippen LogP contribution >= 0.6 is 0 Å². The molecule has 0 aliphatic heterocycles. The molecule has 0 bridgehead atoms. The van der Waals surface area contributed by atoms with E-state index in [2.05, 4.69) is 55.5 Å². The number of hydrogen-bond donors (Lipinski definition) is 0. The van der Waals surface area contributed by atoms with Gasteiger partial charge in [-0.3, -0.25) is 0 Å². The van der Waals surface area contributed by atoms with Crippen molar-refractivity contribution in [1.82, 2.24) is 0 Å². The zero-order chi connectivity index (χ0) is 10.9. The molecule has 0 saturated carbocycles. The van der Waals surface area contributed by atoms with Gasteiger partial charge < -0.3 is 0 Å². The van der Waals surface area contributed by atoms with Gasteiger partial charge in [0, 0.05) is 0 Å². The van der Waals surface area contributed by atoms with Crippen LogP contribution in [-0.4, -0.2) is 0 Å². The Balaban J connectivity index is 2.66. The largest absolute Gasteiger partial charge is 0.0877 e. The highest BCUT2D eigenvalue weighted by atomic mass is 14.0. The normalized spacial score (nSPS) is 17.7. The minimum absolute atomic E-state index is 1.05. The van der Waals surface area contributed by atoms with Crippen LogP contribution in [0.3, 0.4) is 0 Å². The summed E-state index contributed by atoms with van der Waals surface area (Å²) in [6.07, 6.45) is 20.9. The van der Waals surface area contributed by atoms with Crippen LogP contribution in [0.2, 0.25) is 0 Å². The Kier molecular flexibility index (Phi) is 5.54. The fourth-order valence-corrected chi connectivity index (χ4v) is 1.64. The fourth-order valence-electron chi connectivity index (χ4n) is 1.64. The van der Waals surface area contributed by atoms with Crippen molar-refractivity contribution in [2.45, 2.75) is 33.1 Å². The van der Waals surface area contributed by atoms with Crippen molar-refractivity contribution < 1.29 is 0 Å². The van der Waals surface area contributed by atoms with Crippen molar-refractivity contribution in [3.05, 3.63) is 59.8 Å². The SMILES string of the molecule is C\C=C/C=C(\C=C/C)CC1=CCCC=C1. The van der Waals surface area contributed by atoms with E-state index in [0.29, 0.717) is 0 Å². The highest BCUT2D eigenvalue weighted by Gasteiger charge is 1.99. The maximum absolute atomic E-state index is 2.34. The van der Waals surface area contributed by atoms with Crippen LogP contribution in [0.25, 0.3) is 0 Å². The smallest absolute Gasteiger partial charge is 0.00292 e. The van der Waals surface area contributed by atoms with E-state index < -0.39 is 0 Å². The molecule has 0 radical (unpaired) electrons. The van der Waals surface area contributed by atoms with Crippen LogP contribution in [0.4, 0.5) is 0 Å². The summed E-state index contributed by atoms with van der Waals surface area (Å²) < 4.78 is 0. The Bertz CT molecular complexity index is 322. The number of rotatable bonds is 4. The third-order valence-corrected chi connectivity index (χ3v) is 2.36. The molecule has 0 N–H and O–H groups in total. The Morgan fingerprint density at radius 3 is 2.73 bits per heavy atom. The van der Waals surface area contributed by atoms with Crippen LogP contribution in [-0.2, 0) is 0 Å². The summed E-state index contributed by atoms with van der Waals surface area (Å²) >= 11 is 0. The van der Waals surface area contributed by atoms with Gasteiger partial charge in [0.25, 0.3) is 0 Å². The lowest BCUT2D eigenvalue weighted by atomic mass is 9.99. The first kappa shape index (κ1) is 11.8. The van der Waals surface area contributed by atoms with Gasteiger partial charge in [0.05, 0.1) is 0 Å². The molecule has 0 aromatic heterocycles. The Morgan fingerprint density at radius 2 is 2.13 bits per heavy atom. The van der Waals surface area contributed by atoms with Crippen molar-refractivity contribution in [3.63, 3.8) is 0 Å². The minimum atomic E-state index is 1.05. The summed E-state index contributed by atoms with van der Waals surface area (Å²) in [5.41, 5.74) is 2.81. The molecule has 0 saturated heterocycles. The predicted octanol–water partition coefficient (Wildman–Crippen LogP) is 4.73. The standard InChI is InChI=1S/C15H20/c1-3-5-10-14(9-4-2)13-15-11-7-6-8-12-15/h3-5,7,9-12H,6,8,13H2,1-2H3/b5-3-,9-4-,14-10+. The average molecular weight is 200 g/mol. The van der Waals surface area contributed by atoms with Crippen molar-refractivity contribution in [1.29, 1.82) is 0 Å². The highest BCUT2D eigenvalue weighted by Crippen LogP contribution is 2.18. The first-order chi connectivity index (χ1) is 7.36. The van der Waals surface area contributed by atoms with E-state index in [1.165, 1.54) is 24.0 Å². The molecule has 15 heavy (non-hydrogen) atoms. The first-order valence-electron chi connectivity index (χ1n) is 5.67. The van der Waals surface area contributed by atoms with Gasteiger partial charge in [-0.05, 0) is 44.3 Å². The van der Waals surface area contributed by atoms with Crippen LogP contribution in [0, 0.1) is 0 Å². The van der Waals surface area contributed by atoms with Crippen molar-refractivity contribution >= 4 is 0 Å². The lowest BCUT2D eigenvalue weighted by molar-refractivity contribution is 0.995. The molecule has 0 nitrogen and oxygen atoms in total. The first-order valence-corrected chi connectivity index (χ1v) is 5.67. The molecule has 0 atom stereocenters. The molecule has 0 heterocycles. The van der Waals surface area contributed by atoms with E-state index >= 15 is 0 Å². The van der Waals surface area contributed by atoms with Crippen molar-refractivity contribution in [2.75, 3.05) is 0 Å². The summed E-state index contributed by atoms with van der Waals surface area (Å²) in [5.74, 6) is 0. The van der Waals surface area contributed by atoms with E-state index in [0.717, 1.165) is 6.42 Å². The summed E-state index contributed by atoms with van der Waals surface area (Å²) in [6, 6.07) is 0. The van der Waals surface area contributed by atoms with E-state index in [1.807, 2.05) is 6.92 Å². The molecule has 0 amide bonds. The lowest BCUT2D eigenvalue weighted by Gasteiger charge is -2.07. The predicted molar refractivity (Wildman–Crippen MR) is 68.8 cm³/mol. The van der Waals surface area contributed by atoms with E-state index in [9.17, 15) is 0 Å². The van der Waals surface area contributed by atoms with Crippen molar-refractivity contribution in [3.8, 4) is 0 Å². The lowest BCUT2D eigenvalue weighted by Crippen LogP contribution is -1.87. The maximum atomic E-state index is 2.34. The molecular weight excluding hydrogens is 180 g/mol. The molecule has 0 spiro atoms. The summed E-state index contributed by atoms with van der Waals surface area (Å²) in [6.45, 7) is 4.11. The maximum Gasteiger partial charge on any atom is -0.00292 e. The van der Waals surface area contributed by atoms with Gasteiger partial charge in [0.2, 0.25) is 0 Å². The van der Waals surface area contributed by atoms with Crippen LogP contribution in [0.5, 0.6) is 0 Å². The number of allylic oxidation sites excluding steroid dienone is 10. The molecule has 0 heteroatoms. The van der Waals surface area contributed by atoms with Gasteiger partial charge in [0.1, 0.15) is 0 Å². The second-order valence-corrected chi connectivity index (χ2v) is 3.70. The molecule has 0 fully saturated rings. The minimum Gasteiger partial charge on any atom is -0.0877 e. The highest BCUT2D eigenvalue weighted by molar-refractivity contribution is 5.34. The second kappa shape index (κ2) is 7.05. The van der Waals surface area contributed by atoms with Crippen LogP contribution in [0.15, 0.2) is 59.8 Å². The third kappa shape index (κ3) is 4.64. The van der Waals surface area contributed by atoms with Gasteiger partial charge in [-0.15, -0.1) is 0 Å². The zero-order valence-corrected chi connectivity index (χ0v) is 9.74. The van der Waals surface area contributed by atoms with Gasteiger partial charge in [0.15, 0.2) is 0 Å². The molecular formula is C15H20. The summed E-state index contributed by atoms with van der Waals surface area (Å²) in [5, 5.41) is 0. The molecule has 0 aromatic rings. The average Bonchev–Trinajstić information content (AvgIpc) is 2.28. The molecule has 0 aromatic carbocycles. The van der Waals surface area contributed by atoms with Gasteiger partial charge in [-0.1, -0.05) is 48.6 Å². The number of hydrogen-bond acceptors (Lipinski definition) is 0. The third-order valence-electron chi connectivity index (χ3n) is 2.36. The van der Waals surface area contributed by atoms with Gasteiger partial charge in [-0.2, -0.15) is 0 Å². The van der Waals surface area contributed by atoms with Gasteiger partial charge >= 0.3 is 0 Å². The topological polar surface area (TPSA) is 0 Å². The Labute approximate surface area is 93.4 Å². The monoisotopic (exact) mass is 200 g/mol. The van der Waals surface area contributed by atoms with E-state index in [1.54, 1.807) is 0 Å². The second-order valence-electron chi connectivity index (χ2n) is 3.70. The van der Waals surface area contributed by atoms with E-state index in [-0.39, 0.29) is 0 Å².